The van der Waals surface area contributed by atoms with E-state index in [-0.39, 0.29) is 24.3 Å². The van der Waals surface area contributed by atoms with E-state index in [1.54, 1.807) is 23.5 Å². The second kappa shape index (κ2) is 8.89. The van der Waals surface area contributed by atoms with Gasteiger partial charge in [-0.1, -0.05) is 12.1 Å². The number of phenolic OH excluding ortho intramolecular Hbond substituents is 1. The second-order valence-electron chi connectivity index (χ2n) is 5.18. The van der Waals surface area contributed by atoms with Crippen molar-refractivity contribution in [1.29, 1.82) is 0 Å². The zero-order valence-corrected chi connectivity index (χ0v) is 14.7. The van der Waals surface area contributed by atoms with Crippen LogP contribution < -0.4 is 10.1 Å². The number of nitrogens with one attached hydrogen (secondary N) is 1. The molecule has 6 nitrogen and oxygen atoms in total. The number of amides is 1. The Labute approximate surface area is 149 Å². The lowest BCUT2D eigenvalue weighted by Crippen LogP contribution is -2.30. The molecule has 2 rings (SSSR count). The normalized spacial score (nSPS) is 11.9. The van der Waals surface area contributed by atoms with Crippen LogP contribution in [0.3, 0.4) is 0 Å². The van der Waals surface area contributed by atoms with Gasteiger partial charge in [-0.2, -0.15) is 0 Å². The standard InChI is InChI=1S/C18H19NO5S/c1-12(16-4-3-9-25-16)19-17(21)11-24-18(22)8-6-13-5-7-14(20)15(10-13)23-2/h3-10,12,20H,11H2,1-2H3,(H,19,21)/b8-6+/t12-/m1/s1. The molecule has 0 saturated heterocycles. The van der Waals surface area contributed by atoms with Crippen LogP contribution in [0.5, 0.6) is 11.5 Å². The summed E-state index contributed by atoms with van der Waals surface area (Å²) < 4.78 is 9.90. The summed E-state index contributed by atoms with van der Waals surface area (Å²) in [4.78, 5) is 24.5. The quantitative estimate of drug-likeness (QED) is 0.585. The summed E-state index contributed by atoms with van der Waals surface area (Å²) in [5.41, 5.74) is 0.655. The zero-order chi connectivity index (χ0) is 18.2. The molecule has 0 unspecified atom stereocenters. The monoisotopic (exact) mass is 361 g/mol. The molecule has 0 aliphatic heterocycles. The fourth-order valence-corrected chi connectivity index (χ4v) is 2.77. The average Bonchev–Trinajstić information content (AvgIpc) is 3.14. The van der Waals surface area contributed by atoms with E-state index in [1.165, 1.54) is 25.3 Å². The summed E-state index contributed by atoms with van der Waals surface area (Å²) in [5, 5.41) is 14.2. The van der Waals surface area contributed by atoms with Crippen molar-refractivity contribution in [3.8, 4) is 11.5 Å². The van der Waals surface area contributed by atoms with Gasteiger partial charge in [0.1, 0.15) is 0 Å². The molecule has 1 aromatic heterocycles. The van der Waals surface area contributed by atoms with Crippen LogP contribution in [0, 0.1) is 0 Å². The van der Waals surface area contributed by atoms with Crippen molar-refractivity contribution in [2.45, 2.75) is 13.0 Å². The van der Waals surface area contributed by atoms with Gasteiger partial charge in [0, 0.05) is 11.0 Å². The van der Waals surface area contributed by atoms with Crippen LogP contribution in [0.4, 0.5) is 0 Å². The fraction of sp³-hybridized carbons (Fsp3) is 0.222. The summed E-state index contributed by atoms with van der Waals surface area (Å²) in [6, 6.07) is 8.36. The van der Waals surface area contributed by atoms with E-state index in [9.17, 15) is 14.7 Å². The second-order valence-corrected chi connectivity index (χ2v) is 6.16. The third kappa shape index (κ3) is 5.65. The minimum absolute atomic E-state index is 0.0127. The van der Waals surface area contributed by atoms with Gasteiger partial charge < -0.3 is 19.9 Å². The summed E-state index contributed by atoms with van der Waals surface area (Å²) >= 11 is 1.55. The topological polar surface area (TPSA) is 84.9 Å². The smallest absolute Gasteiger partial charge is 0.331 e. The van der Waals surface area contributed by atoms with E-state index < -0.39 is 5.97 Å². The Kier molecular flexibility index (Phi) is 6.59. The molecule has 0 saturated carbocycles. The van der Waals surface area contributed by atoms with E-state index in [0.29, 0.717) is 11.3 Å². The largest absolute Gasteiger partial charge is 0.504 e. The van der Waals surface area contributed by atoms with Crippen LogP contribution in [0.25, 0.3) is 6.08 Å². The molecule has 0 bridgehead atoms. The molecular weight excluding hydrogens is 342 g/mol. The number of carbonyl (C=O) groups is 2. The van der Waals surface area contributed by atoms with Crippen LogP contribution in [-0.4, -0.2) is 30.7 Å². The average molecular weight is 361 g/mol. The first kappa shape index (κ1) is 18.5. The molecule has 2 aromatic rings. The van der Waals surface area contributed by atoms with Crippen LogP contribution in [0.15, 0.2) is 41.8 Å². The van der Waals surface area contributed by atoms with Crippen molar-refractivity contribution in [3.63, 3.8) is 0 Å². The van der Waals surface area contributed by atoms with Crippen molar-refractivity contribution in [2.75, 3.05) is 13.7 Å². The van der Waals surface area contributed by atoms with Crippen LogP contribution in [0.1, 0.15) is 23.4 Å². The number of ether oxygens (including phenoxy) is 2. The number of phenols is 1. The SMILES string of the molecule is COc1cc(/C=C/C(=O)OCC(=O)N[C@H](C)c2cccs2)ccc1O. The van der Waals surface area contributed by atoms with E-state index in [2.05, 4.69) is 5.32 Å². The van der Waals surface area contributed by atoms with Crippen molar-refractivity contribution in [1.82, 2.24) is 5.32 Å². The lowest BCUT2D eigenvalue weighted by molar-refractivity contribution is -0.144. The van der Waals surface area contributed by atoms with Crippen molar-refractivity contribution < 1.29 is 24.2 Å². The van der Waals surface area contributed by atoms with E-state index in [0.717, 1.165) is 4.88 Å². The molecule has 0 fully saturated rings. The van der Waals surface area contributed by atoms with Crippen molar-refractivity contribution in [2.24, 2.45) is 0 Å². The van der Waals surface area contributed by atoms with E-state index in [4.69, 9.17) is 9.47 Å². The lowest BCUT2D eigenvalue weighted by atomic mass is 10.2. The highest BCUT2D eigenvalue weighted by molar-refractivity contribution is 7.10. The van der Waals surface area contributed by atoms with Crippen LogP contribution >= 0.6 is 11.3 Å². The number of esters is 1. The molecule has 1 amide bonds. The van der Waals surface area contributed by atoms with Gasteiger partial charge in [-0.05, 0) is 42.1 Å². The van der Waals surface area contributed by atoms with E-state index >= 15 is 0 Å². The number of benzene rings is 1. The number of carbonyl (C=O) groups excluding carboxylic acids is 2. The Morgan fingerprint density at radius 2 is 2.16 bits per heavy atom. The number of aromatic hydroxyl groups is 1. The minimum atomic E-state index is -0.633. The molecule has 0 aliphatic carbocycles. The summed E-state index contributed by atoms with van der Waals surface area (Å²) in [6.07, 6.45) is 2.72. The van der Waals surface area contributed by atoms with Crippen LogP contribution in [-0.2, 0) is 14.3 Å². The number of thiophene rings is 1. The molecular formula is C18H19NO5S. The Balaban J connectivity index is 1.81. The Hall–Kier alpha value is -2.80. The highest BCUT2D eigenvalue weighted by atomic mass is 32.1. The molecule has 2 N–H and O–H groups in total. The Morgan fingerprint density at radius 1 is 1.36 bits per heavy atom. The highest BCUT2D eigenvalue weighted by Crippen LogP contribution is 2.26. The lowest BCUT2D eigenvalue weighted by Gasteiger charge is -2.11. The van der Waals surface area contributed by atoms with Gasteiger partial charge in [0.05, 0.1) is 13.2 Å². The number of rotatable bonds is 7. The first-order valence-corrected chi connectivity index (χ1v) is 8.42. The molecule has 7 heteroatoms. The fourth-order valence-electron chi connectivity index (χ4n) is 2.04. The zero-order valence-electron chi connectivity index (χ0n) is 13.9. The third-order valence-electron chi connectivity index (χ3n) is 3.31. The molecule has 25 heavy (non-hydrogen) atoms. The Morgan fingerprint density at radius 3 is 2.84 bits per heavy atom. The maximum Gasteiger partial charge on any atom is 0.331 e. The van der Waals surface area contributed by atoms with Crippen molar-refractivity contribution in [3.05, 3.63) is 52.2 Å². The van der Waals surface area contributed by atoms with Gasteiger partial charge in [-0.15, -0.1) is 11.3 Å². The molecule has 1 heterocycles. The predicted octanol–water partition coefficient (Wildman–Crippen LogP) is 2.90. The molecule has 0 radical (unpaired) electrons. The Bertz CT molecular complexity index is 755. The summed E-state index contributed by atoms with van der Waals surface area (Å²) in [5.74, 6) is -0.684. The third-order valence-corrected chi connectivity index (χ3v) is 4.36. The van der Waals surface area contributed by atoms with Gasteiger partial charge in [-0.25, -0.2) is 4.79 Å². The molecule has 1 aromatic carbocycles. The van der Waals surface area contributed by atoms with Crippen molar-refractivity contribution >= 4 is 29.3 Å². The molecule has 1 atom stereocenters. The maximum absolute atomic E-state index is 11.8. The molecule has 0 spiro atoms. The first-order valence-electron chi connectivity index (χ1n) is 7.54. The predicted molar refractivity (Wildman–Crippen MR) is 95.5 cm³/mol. The number of hydrogen-bond donors (Lipinski definition) is 2. The molecule has 0 aliphatic rings. The maximum atomic E-state index is 11.8. The summed E-state index contributed by atoms with van der Waals surface area (Å²) in [6.45, 7) is 1.52. The van der Waals surface area contributed by atoms with Crippen LogP contribution in [0.2, 0.25) is 0 Å². The first-order chi connectivity index (χ1) is 12.0. The van der Waals surface area contributed by atoms with Gasteiger partial charge in [-0.3, -0.25) is 4.79 Å². The van der Waals surface area contributed by atoms with Gasteiger partial charge >= 0.3 is 5.97 Å². The van der Waals surface area contributed by atoms with Gasteiger partial charge in [0.25, 0.3) is 5.91 Å². The highest BCUT2D eigenvalue weighted by Gasteiger charge is 2.11. The molecule has 132 valence electrons. The number of hydrogen-bond acceptors (Lipinski definition) is 6. The van der Waals surface area contributed by atoms with Gasteiger partial charge in [0.15, 0.2) is 18.1 Å². The van der Waals surface area contributed by atoms with Gasteiger partial charge in [0.2, 0.25) is 0 Å². The minimum Gasteiger partial charge on any atom is -0.504 e. The number of methoxy groups -OCH3 is 1. The van der Waals surface area contributed by atoms with E-state index in [1.807, 2.05) is 24.4 Å². The summed E-state index contributed by atoms with van der Waals surface area (Å²) in [7, 11) is 1.44.